The second kappa shape index (κ2) is 8.72. The molecule has 0 aliphatic carbocycles. The van der Waals surface area contributed by atoms with Crippen molar-refractivity contribution in [1.82, 2.24) is 14.5 Å². The highest BCUT2D eigenvalue weighted by atomic mass is 32.2. The van der Waals surface area contributed by atoms with Crippen molar-refractivity contribution in [3.05, 3.63) is 59.0 Å². The SMILES string of the molecule is COCCNC(=O)CN(c1ccccc1)S(=O)(=O)c1ccc2c(c1)n(C)c(=O)n2C. The third-order valence-electron chi connectivity index (χ3n) is 4.79. The van der Waals surface area contributed by atoms with Gasteiger partial charge < -0.3 is 10.1 Å². The topological polar surface area (TPSA) is 103 Å². The van der Waals surface area contributed by atoms with Crippen molar-refractivity contribution < 1.29 is 17.9 Å². The summed E-state index contributed by atoms with van der Waals surface area (Å²) < 4.78 is 35.7. The van der Waals surface area contributed by atoms with Gasteiger partial charge in [0.2, 0.25) is 5.91 Å². The molecule has 1 N–H and O–H groups in total. The molecule has 2 aromatic carbocycles. The maximum absolute atomic E-state index is 13.5. The number of hydrogen-bond acceptors (Lipinski definition) is 5. The fourth-order valence-electron chi connectivity index (χ4n) is 3.16. The highest BCUT2D eigenvalue weighted by Crippen LogP contribution is 2.25. The van der Waals surface area contributed by atoms with E-state index in [0.29, 0.717) is 23.3 Å². The van der Waals surface area contributed by atoms with Crippen molar-refractivity contribution in [1.29, 1.82) is 0 Å². The molecule has 0 saturated carbocycles. The fourth-order valence-corrected chi connectivity index (χ4v) is 4.60. The fraction of sp³-hybridized carbons (Fsp3) is 0.300. The molecule has 0 aliphatic rings. The molecule has 1 aromatic heterocycles. The van der Waals surface area contributed by atoms with Gasteiger partial charge in [0.15, 0.2) is 0 Å². The van der Waals surface area contributed by atoms with Crippen molar-refractivity contribution in [2.45, 2.75) is 4.90 Å². The molecule has 10 heteroatoms. The molecule has 3 aromatic rings. The monoisotopic (exact) mass is 432 g/mol. The number of aromatic nitrogens is 2. The zero-order valence-corrected chi connectivity index (χ0v) is 17.8. The summed E-state index contributed by atoms with van der Waals surface area (Å²) in [5.74, 6) is -0.451. The van der Waals surface area contributed by atoms with Crippen LogP contribution in [0.2, 0.25) is 0 Å². The van der Waals surface area contributed by atoms with Gasteiger partial charge in [-0.2, -0.15) is 0 Å². The lowest BCUT2D eigenvalue weighted by atomic mass is 10.3. The van der Waals surface area contributed by atoms with Crippen molar-refractivity contribution in [3.63, 3.8) is 0 Å². The van der Waals surface area contributed by atoms with Gasteiger partial charge in [-0.25, -0.2) is 13.2 Å². The van der Waals surface area contributed by atoms with Crippen LogP contribution >= 0.6 is 0 Å². The first kappa shape index (κ1) is 21.6. The van der Waals surface area contributed by atoms with Crippen molar-refractivity contribution in [3.8, 4) is 0 Å². The Morgan fingerprint density at radius 2 is 1.73 bits per heavy atom. The molecule has 0 bridgehead atoms. The third-order valence-corrected chi connectivity index (χ3v) is 6.56. The number of rotatable bonds is 8. The summed E-state index contributed by atoms with van der Waals surface area (Å²) in [6.07, 6.45) is 0. The number of carbonyl (C=O) groups excluding carboxylic acids is 1. The normalized spacial score (nSPS) is 11.6. The molecule has 160 valence electrons. The molecule has 3 rings (SSSR count). The molecule has 30 heavy (non-hydrogen) atoms. The number of carbonyl (C=O) groups is 1. The summed E-state index contributed by atoms with van der Waals surface area (Å²) in [7, 11) is 0.646. The molecule has 1 amide bonds. The van der Waals surface area contributed by atoms with E-state index in [0.717, 1.165) is 4.31 Å². The van der Waals surface area contributed by atoms with E-state index in [-0.39, 0.29) is 23.7 Å². The summed E-state index contributed by atoms with van der Waals surface area (Å²) in [4.78, 5) is 24.5. The number of anilines is 1. The number of amides is 1. The number of nitrogens with one attached hydrogen (secondary N) is 1. The highest BCUT2D eigenvalue weighted by molar-refractivity contribution is 7.92. The second-order valence-electron chi connectivity index (χ2n) is 6.74. The Morgan fingerprint density at radius 3 is 2.40 bits per heavy atom. The first-order chi connectivity index (χ1) is 14.3. The Morgan fingerprint density at radius 1 is 1.07 bits per heavy atom. The predicted molar refractivity (Wildman–Crippen MR) is 114 cm³/mol. The summed E-state index contributed by atoms with van der Waals surface area (Å²) >= 11 is 0. The van der Waals surface area contributed by atoms with E-state index in [2.05, 4.69) is 5.32 Å². The lowest BCUT2D eigenvalue weighted by molar-refractivity contribution is -0.119. The molecule has 9 nitrogen and oxygen atoms in total. The number of nitrogens with zero attached hydrogens (tertiary/aromatic N) is 3. The van der Waals surface area contributed by atoms with Gasteiger partial charge in [-0.1, -0.05) is 18.2 Å². The van der Waals surface area contributed by atoms with E-state index in [4.69, 9.17) is 4.74 Å². The first-order valence-corrected chi connectivity index (χ1v) is 10.7. The van der Waals surface area contributed by atoms with Gasteiger partial charge in [0, 0.05) is 27.7 Å². The van der Waals surface area contributed by atoms with Gasteiger partial charge in [0.05, 0.1) is 28.2 Å². The quantitative estimate of drug-likeness (QED) is 0.532. The van der Waals surface area contributed by atoms with Crippen molar-refractivity contribution in [2.75, 3.05) is 31.1 Å². The number of fused-ring (bicyclic) bond motifs is 1. The maximum Gasteiger partial charge on any atom is 0.328 e. The minimum absolute atomic E-state index is 0.00950. The van der Waals surface area contributed by atoms with Gasteiger partial charge in [-0.15, -0.1) is 0 Å². The number of methoxy groups -OCH3 is 1. The van der Waals surface area contributed by atoms with Gasteiger partial charge >= 0.3 is 5.69 Å². The summed E-state index contributed by atoms with van der Waals surface area (Å²) in [5.41, 5.74) is 1.21. The largest absolute Gasteiger partial charge is 0.383 e. The van der Waals surface area contributed by atoms with Crippen LogP contribution in [0.15, 0.2) is 58.2 Å². The van der Waals surface area contributed by atoms with Crippen LogP contribution in [0.3, 0.4) is 0 Å². The van der Waals surface area contributed by atoms with E-state index < -0.39 is 15.9 Å². The van der Waals surface area contributed by atoms with Crippen LogP contribution in [-0.4, -0.2) is 50.3 Å². The summed E-state index contributed by atoms with van der Waals surface area (Å²) in [6, 6.07) is 12.9. The molecule has 0 saturated heterocycles. The standard InChI is InChI=1S/C20H24N4O5S/c1-22-17-10-9-16(13-18(17)23(2)20(22)26)30(27,28)24(15-7-5-4-6-8-15)14-19(25)21-11-12-29-3/h4-10,13H,11-12,14H2,1-3H3,(H,21,25). The van der Waals surface area contributed by atoms with Gasteiger partial charge in [-0.3, -0.25) is 18.2 Å². The second-order valence-corrected chi connectivity index (χ2v) is 8.60. The number of benzene rings is 2. The molecule has 0 aliphatic heterocycles. The van der Waals surface area contributed by atoms with Crippen LogP contribution in [0, 0.1) is 0 Å². The minimum atomic E-state index is -4.07. The van der Waals surface area contributed by atoms with Gasteiger partial charge in [0.25, 0.3) is 10.0 Å². The summed E-state index contributed by atoms with van der Waals surface area (Å²) in [6.45, 7) is 0.209. The molecule has 0 atom stereocenters. The van der Waals surface area contributed by atoms with Crippen LogP contribution in [0.25, 0.3) is 11.0 Å². The van der Waals surface area contributed by atoms with Crippen molar-refractivity contribution in [2.24, 2.45) is 14.1 Å². The lowest BCUT2D eigenvalue weighted by Crippen LogP contribution is -2.41. The van der Waals surface area contributed by atoms with E-state index in [1.165, 1.54) is 28.4 Å². The number of ether oxygens (including phenoxy) is 1. The average molecular weight is 433 g/mol. The Balaban J connectivity index is 2.03. The molecule has 0 spiro atoms. The molecule has 0 fully saturated rings. The maximum atomic E-state index is 13.5. The Kier molecular flexibility index (Phi) is 6.28. The van der Waals surface area contributed by atoms with Crippen LogP contribution in [0.1, 0.15) is 0 Å². The molecular formula is C20H24N4O5S. The first-order valence-electron chi connectivity index (χ1n) is 9.26. The van der Waals surface area contributed by atoms with E-state index in [9.17, 15) is 18.0 Å². The van der Waals surface area contributed by atoms with Crippen LogP contribution in [-0.2, 0) is 33.7 Å². The van der Waals surface area contributed by atoms with Crippen LogP contribution in [0.5, 0.6) is 0 Å². The smallest absolute Gasteiger partial charge is 0.328 e. The Bertz CT molecular complexity index is 1220. The van der Waals surface area contributed by atoms with Crippen LogP contribution < -0.4 is 15.3 Å². The van der Waals surface area contributed by atoms with Gasteiger partial charge in [-0.05, 0) is 30.3 Å². The molecule has 0 radical (unpaired) electrons. The lowest BCUT2D eigenvalue weighted by Gasteiger charge is -2.24. The predicted octanol–water partition coefficient (Wildman–Crippen LogP) is 0.835. The Labute approximate surface area is 174 Å². The van der Waals surface area contributed by atoms with E-state index >= 15 is 0 Å². The van der Waals surface area contributed by atoms with E-state index in [1.54, 1.807) is 50.5 Å². The Hall–Kier alpha value is -3.11. The zero-order chi connectivity index (χ0) is 21.9. The highest BCUT2D eigenvalue weighted by Gasteiger charge is 2.28. The summed E-state index contributed by atoms with van der Waals surface area (Å²) in [5, 5.41) is 2.64. The van der Waals surface area contributed by atoms with Crippen molar-refractivity contribution >= 4 is 32.7 Å². The third kappa shape index (κ3) is 4.10. The number of hydrogen-bond donors (Lipinski definition) is 1. The zero-order valence-electron chi connectivity index (χ0n) is 17.0. The molecule has 1 heterocycles. The minimum Gasteiger partial charge on any atom is -0.383 e. The number of para-hydroxylation sites is 1. The molecule has 0 unspecified atom stereocenters. The molecular weight excluding hydrogens is 408 g/mol. The number of sulfonamides is 1. The van der Waals surface area contributed by atoms with Gasteiger partial charge in [0.1, 0.15) is 6.54 Å². The van der Waals surface area contributed by atoms with E-state index in [1.807, 2.05) is 0 Å². The number of imidazole rings is 1. The van der Waals surface area contributed by atoms with Crippen LogP contribution in [0.4, 0.5) is 5.69 Å². The number of aryl methyl sites for hydroxylation is 2. The average Bonchev–Trinajstić information content (AvgIpc) is 2.96.